The number of carbonyl (C=O) groups excluding carboxylic acids is 1. The molecule has 0 aliphatic carbocycles. The molecule has 1 aromatic carbocycles. The van der Waals surface area contributed by atoms with Gasteiger partial charge in [0.1, 0.15) is 23.0 Å². The van der Waals surface area contributed by atoms with Crippen LogP contribution < -0.4 is 9.61 Å². The van der Waals surface area contributed by atoms with Crippen LogP contribution >= 0.6 is 32.2 Å². The first-order chi connectivity index (χ1) is 17.2. The summed E-state index contributed by atoms with van der Waals surface area (Å²) >= 11 is 10.1. The van der Waals surface area contributed by atoms with Gasteiger partial charge in [0.15, 0.2) is 22.8 Å². The van der Waals surface area contributed by atoms with E-state index >= 15 is 8.78 Å². The van der Waals surface area contributed by atoms with Crippen LogP contribution in [0.15, 0.2) is 42.6 Å². The number of nitrogens with zero attached hydrogens (tertiary/aromatic N) is 1. The first kappa shape index (κ1) is 29.5. The molecule has 3 rings (SSSR count). The maximum absolute atomic E-state index is 15.9. The van der Waals surface area contributed by atoms with Crippen LogP contribution in [0.5, 0.6) is 5.75 Å². The summed E-state index contributed by atoms with van der Waals surface area (Å²) in [4.78, 5) is 14.9. The third-order valence-corrected chi connectivity index (χ3v) is 7.47. The van der Waals surface area contributed by atoms with Gasteiger partial charge in [0.05, 0.1) is 6.10 Å². The smallest absolute Gasteiger partial charge is 0.459 e. The van der Waals surface area contributed by atoms with Crippen LogP contribution in [-0.4, -0.2) is 57.0 Å². The predicted octanol–water partition coefficient (Wildman–Crippen LogP) is 4.69. The summed E-state index contributed by atoms with van der Waals surface area (Å²) in [6.45, 7) is 4.29. The lowest BCUT2D eigenvalue weighted by Gasteiger charge is -2.28. The molecule has 1 aliphatic heterocycles. The van der Waals surface area contributed by atoms with Gasteiger partial charge in [0, 0.05) is 6.20 Å². The number of hydrogen-bond acceptors (Lipinski definition) is 9. The normalized spacial score (nSPS) is 28.0. The van der Waals surface area contributed by atoms with Gasteiger partial charge in [0.25, 0.3) is 5.85 Å². The van der Waals surface area contributed by atoms with E-state index in [0.717, 1.165) is 11.5 Å². The zero-order chi connectivity index (χ0) is 27.6. The molecule has 204 valence electrons. The number of ether oxygens (including phenoxy) is 2. The van der Waals surface area contributed by atoms with Crippen LogP contribution in [0.2, 0.25) is 0 Å². The number of carbonyl (C=O) groups is 1. The molecular formula is C22H28F2N3O7PS2. The van der Waals surface area contributed by atoms with Crippen molar-refractivity contribution < 1.29 is 41.8 Å². The molecule has 37 heavy (non-hydrogen) atoms. The van der Waals surface area contributed by atoms with Gasteiger partial charge >= 0.3 is 13.7 Å². The van der Waals surface area contributed by atoms with Crippen molar-refractivity contribution >= 4 is 38.2 Å². The number of H-pyrrole nitrogens is 1. The predicted molar refractivity (Wildman–Crippen MR) is 134 cm³/mol. The fourth-order valence-electron chi connectivity index (χ4n) is 3.48. The molecule has 1 saturated heterocycles. The summed E-state index contributed by atoms with van der Waals surface area (Å²) < 4.78 is 67.3. The van der Waals surface area contributed by atoms with Crippen LogP contribution in [-0.2, 0) is 23.4 Å². The van der Waals surface area contributed by atoms with E-state index in [9.17, 15) is 14.5 Å². The first-order valence-corrected chi connectivity index (χ1v) is 13.6. The van der Waals surface area contributed by atoms with Gasteiger partial charge in [-0.25, -0.2) is 13.3 Å². The summed E-state index contributed by atoms with van der Waals surface area (Å²) in [6, 6.07) is 7.95. The maximum Gasteiger partial charge on any atom is 0.459 e. The second kappa shape index (κ2) is 11.4. The molecule has 2 unspecified atom stereocenters. The quantitative estimate of drug-likeness (QED) is 0.207. The van der Waals surface area contributed by atoms with Crippen molar-refractivity contribution in [1.29, 1.82) is 0 Å². The molecule has 2 heterocycles. The highest BCUT2D eigenvalue weighted by Gasteiger charge is 2.65. The molecule has 3 N–H and O–H groups in total. The highest BCUT2D eigenvalue weighted by molar-refractivity contribution is 7.72. The van der Waals surface area contributed by atoms with Crippen LogP contribution in [0.1, 0.15) is 33.9 Å². The second-order valence-electron chi connectivity index (χ2n) is 8.84. The highest BCUT2D eigenvalue weighted by atomic mass is 32.1. The first-order valence-electron chi connectivity index (χ1n) is 11.2. The number of aliphatic hydroxyl groups is 1. The topological polar surface area (TPSA) is 124 Å². The Morgan fingerprint density at radius 1 is 1.27 bits per heavy atom. The number of nitrogens with one attached hydrogen (secondary N) is 2. The fraction of sp³-hybridized carbons (Fsp3) is 0.500. The minimum absolute atomic E-state index is 0.0719. The van der Waals surface area contributed by atoms with E-state index in [2.05, 4.69) is 10.1 Å². The van der Waals surface area contributed by atoms with E-state index in [0.29, 0.717) is 0 Å². The van der Waals surface area contributed by atoms with Gasteiger partial charge in [-0.3, -0.25) is 13.9 Å². The van der Waals surface area contributed by atoms with Gasteiger partial charge in [-0.1, -0.05) is 30.4 Å². The molecule has 0 radical (unpaired) electrons. The molecular weight excluding hydrogens is 551 g/mol. The number of aliphatic hydroxyl groups excluding tert-OH is 1. The Kier molecular flexibility index (Phi) is 9.05. The zero-order valence-electron chi connectivity index (χ0n) is 20.4. The van der Waals surface area contributed by atoms with E-state index in [-0.39, 0.29) is 15.2 Å². The molecule has 1 aromatic heterocycles. The van der Waals surface area contributed by atoms with E-state index < -0.39 is 56.3 Å². The standard InChI is InChI=1S/C22H28F2N3O7PS2/c1-13(2)32-17(28)14(3)26-35(30,34-15-8-6-5-7-9-15)31-12-22(24)18(29)21(4,23)19(33-22)27-11-10-16(36)25-20(27)37/h5-11,13-14,18-19,29H,12H2,1-4H3,(H,26,30)(H,25,36,37)/t14-,18?,19+,21+,22+,35?/m0/s1. The van der Waals surface area contributed by atoms with Crippen LogP contribution in [0.25, 0.3) is 0 Å². The van der Waals surface area contributed by atoms with Crippen molar-refractivity contribution in [3.63, 3.8) is 0 Å². The Hall–Kier alpha value is -2.06. The van der Waals surface area contributed by atoms with E-state index in [1.807, 2.05) is 0 Å². The molecule has 0 bridgehead atoms. The number of hydrogen-bond donors (Lipinski definition) is 3. The lowest BCUT2D eigenvalue weighted by molar-refractivity contribution is -0.203. The minimum Gasteiger partial charge on any atom is -0.462 e. The summed E-state index contributed by atoms with van der Waals surface area (Å²) in [5.41, 5.74) is -2.70. The molecule has 6 atom stereocenters. The Bertz CT molecular complexity index is 1280. The Labute approximate surface area is 222 Å². The van der Waals surface area contributed by atoms with Crippen molar-refractivity contribution in [3.05, 3.63) is 52.0 Å². The fourth-order valence-corrected chi connectivity index (χ4v) is 5.48. The number of benzene rings is 1. The van der Waals surface area contributed by atoms with E-state index in [1.54, 1.807) is 32.0 Å². The van der Waals surface area contributed by atoms with E-state index in [1.165, 1.54) is 31.3 Å². The molecule has 15 heteroatoms. The number of aromatic amines is 1. The van der Waals surface area contributed by atoms with Crippen molar-refractivity contribution in [1.82, 2.24) is 14.6 Å². The number of esters is 1. The minimum atomic E-state index is -4.52. The molecule has 2 aromatic rings. The zero-order valence-corrected chi connectivity index (χ0v) is 22.9. The Morgan fingerprint density at radius 2 is 1.92 bits per heavy atom. The van der Waals surface area contributed by atoms with Gasteiger partial charge in [-0.05, 0) is 58.1 Å². The van der Waals surface area contributed by atoms with Gasteiger partial charge in [0.2, 0.25) is 0 Å². The molecule has 1 fully saturated rings. The number of halogens is 2. The average Bonchev–Trinajstić information content (AvgIpc) is 2.98. The monoisotopic (exact) mass is 579 g/mol. The Balaban J connectivity index is 1.86. The third kappa shape index (κ3) is 6.88. The molecule has 10 nitrogen and oxygen atoms in total. The van der Waals surface area contributed by atoms with Crippen LogP contribution in [0.3, 0.4) is 0 Å². The van der Waals surface area contributed by atoms with Crippen molar-refractivity contribution in [2.24, 2.45) is 0 Å². The highest BCUT2D eigenvalue weighted by Crippen LogP contribution is 2.51. The maximum atomic E-state index is 15.9. The van der Waals surface area contributed by atoms with E-state index in [4.69, 9.17) is 43.0 Å². The summed E-state index contributed by atoms with van der Waals surface area (Å²) in [5.74, 6) is -3.88. The largest absolute Gasteiger partial charge is 0.462 e. The lowest BCUT2D eigenvalue weighted by atomic mass is 9.97. The van der Waals surface area contributed by atoms with Gasteiger partial charge in [-0.15, -0.1) is 0 Å². The SMILES string of the molecule is CC(C)OC(=O)[C@H](C)NP(=O)(OC[C@@]1(F)O[C@@H](n2ccc(=S)[nH]c2=S)[C@](C)(F)C1O)Oc1ccccc1. The van der Waals surface area contributed by atoms with Gasteiger partial charge in [-0.2, -0.15) is 5.09 Å². The number of aromatic nitrogens is 2. The van der Waals surface area contributed by atoms with Crippen LogP contribution in [0, 0.1) is 9.41 Å². The third-order valence-electron chi connectivity index (χ3n) is 5.29. The number of para-hydroxylation sites is 1. The molecule has 0 saturated carbocycles. The lowest BCUT2D eigenvalue weighted by Crippen LogP contribution is -2.47. The van der Waals surface area contributed by atoms with Crippen LogP contribution in [0.4, 0.5) is 8.78 Å². The second-order valence-corrected chi connectivity index (χ2v) is 11.4. The summed E-state index contributed by atoms with van der Waals surface area (Å²) in [6.07, 6.45) is -3.28. The van der Waals surface area contributed by atoms with Crippen molar-refractivity contribution in [2.45, 2.75) is 63.7 Å². The molecule has 0 spiro atoms. The van der Waals surface area contributed by atoms with Gasteiger partial charge < -0.3 is 24.1 Å². The van der Waals surface area contributed by atoms with Crippen molar-refractivity contribution in [2.75, 3.05) is 6.61 Å². The molecule has 1 aliphatic rings. The summed E-state index contributed by atoms with van der Waals surface area (Å²) in [7, 11) is -4.52. The average molecular weight is 580 g/mol. The number of alkyl halides is 2. The number of rotatable bonds is 10. The van der Waals surface area contributed by atoms with Crippen molar-refractivity contribution in [3.8, 4) is 5.75 Å². The molecule has 0 amide bonds. The summed E-state index contributed by atoms with van der Waals surface area (Å²) in [5, 5.41) is 12.9. The Morgan fingerprint density at radius 3 is 2.51 bits per heavy atom.